The van der Waals surface area contributed by atoms with E-state index >= 15 is 0 Å². The minimum absolute atomic E-state index is 0.0292. The summed E-state index contributed by atoms with van der Waals surface area (Å²) in [5, 5.41) is 10.7. The summed E-state index contributed by atoms with van der Waals surface area (Å²) < 4.78 is 10.9. The zero-order valence-corrected chi connectivity index (χ0v) is 12.9. The number of nitro groups is 1. The van der Waals surface area contributed by atoms with Gasteiger partial charge in [0.15, 0.2) is 0 Å². The molecule has 124 valence electrons. The van der Waals surface area contributed by atoms with Crippen molar-refractivity contribution in [3.05, 3.63) is 58.3 Å². The second-order valence-corrected chi connectivity index (χ2v) is 5.28. The van der Waals surface area contributed by atoms with Crippen molar-refractivity contribution in [3.8, 4) is 11.3 Å². The van der Waals surface area contributed by atoms with E-state index in [0.29, 0.717) is 37.8 Å². The highest BCUT2D eigenvalue weighted by Crippen LogP contribution is 2.25. The van der Waals surface area contributed by atoms with Crippen molar-refractivity contribution in [1.29, 1.82) is 0 Å². The number of carbonyl (C=O) groups excluding carboxylic acids is 1. The Kier molecular flexibility index (Phi) is 4.72. The number of hydrogen-bond donors (Lipinski definition) is 0. The lowest BCUT2D eigenvalue weighted by Gasteiger charge is -2.25. The Hall–Kier alpha value is -2.93. The predicted octanol–water partition coefficient (Wildman–Crippen LogP) is 2.73. The number of furan rings is 1. The van der Waals surface area contributed by atoms with Crippen molar-refractivity contribution < 1.29 is 18.9 Å². The van der Waals surface area contributed by atoms with Gasteiger partial charge in [-0.2, -0.15) is 0 Å². The van der Waals surface area contributed by atoms with Gasteiger partial charge < -0.3 is 14.1 Å². The molecule has 0 atom stereocenters. The molecule has 1 aliphatic rings. The molecule has 7 nitrogen and oxygen atoms in total. The first-order chi connectivity index (χ1) is 11.6. The van der Waals surface area contributed by atoms with Crippen molar-refractivity contribution in [2.24, 2.45) is 0 Å². The van der Waals surface area contributed by atoms with Crippen LogP contribution in [0.1, 0.15) is 5.76 Å². The quantitative estimate of drug-likeness (QED) is 0.489. The maximum absolute atomic E-state index is 12.0. The molecule has 1 saturated heterocycles. The van der Waals surface area contributed by atoms with Gasteiger partial charge in [-0.25, -0.2) is 0 Å². The summed E-state index contributed by atoms with van der Waals surface area (Å²) in [7, 11) is 0. The highest BCUT2D eigenvalue weighted by molar-refractivity contribution is 5.91. The van der Waals surface area contributed by atoms with E-state index in [9.17, 15) is 14.9 Å². The van der Waals surface area contributed by atoms with E-state index in [1.54, 1.807) is 35.2 Å². The summed E-state index contributed by atoms with van der Waals surface area (Å²) in [6.45, 7) is 2.31. The highest BCUT2D eigenvalue weighted by atomic mass is 16.6. The fourth-order valence-electron chi connectivity index (χ4n) is 2.39. The molecule has 7 heteroatoms. The Morgan fingerprint density at radius 2 is 1.83 bits per heavy atom. The molecule has 1 aliphatic heterocycles. The second kappa shape index (κ2) is 7.10. The summed E-state index contributed by atoms with van der Waals surface area (Å²) in [5.74, 6) is 1.06. The molecule has 0 aliphatic carbocycles. The van der Waals surface area contributed by atoms with E-state index in [-0.39, 0.29) is 11.6 Å². The van der Waals surface area contributed by atoms with E-state index < -0.39 is 4.92 Å². The van der Waals surface area contributed by atoms with Gasteiger partial charge in [-0.1, -0.05) is 0 Å². The molecule has 0 saturated carbocycles. The molecule has 0 N–H and O–H groups in total. The number of hydrogen-bond acceptors (Lipinski definition) is 5. The molecule has 2 heterocycles. The van der Waals surface area contributed by atoms with Gasteiger partial charge in [0.1, 0.15) is 11.5 Å². The van der Waals surface area contributed by atoms with Crippen LogP contribution in [0.2, 0.25) is 0 Å². The van der Waals surface area contributed by atoms with E-state index in [1.165, 1.54) is 18.2 Å². The van der Waals surface area contributed by atoms with Crippen LogP contribution in [0.5, 0.6) is 0 Å². The minimum Gasteiger partial charge on any atom is -0.457 e. The molecule has 3 rings (SSSR count). The van der Waals surface area contributed by atoms with Crippen LogP contribution in [-0.2, 0) is 9.53 Å². The van der Waals surface area contributed by atoms with Crippen LogP contribution in [0.3, 0.4) is 0 Å². The number of benzene rings is 1. The fraction of sp³-hybridized carbons (Fsp3) is 0.235. The fourth-order valence-corrected chi connectivity index (χ4v) is 2.39. The van der Waals surface area contributed by atoms with Gasteiger partial charge in [0, 0.05) is 36.9 Å². The molecule has 0 bridgehead atoms. The van der Waals surface area contributed by atoms with Crippen LogP contribution in [0.15, 0.2) is 46.9 Å². The molecule has 1 fully saturated rings. The minimum atomic E-state index is -0.447. The van der Waals surface area contributed by atoms with Crippen LogP contribution in [-0.4, -0.2) is 42.0 Å². The molecule has 0 unspecified atom stereocenters. The number of ether oxygens (including phenoxy) is 1. The van der Waals surface area contributed by atoms with Gasteiger partial charge in [-0.3, -0.25) is 14.9 Å². The Morgan fingerprint density at radius 3 is 2.50 bits per heavy atom. The van der Waals surface area contributed by atoms with Crippen molar-refractivity contribution in [2.75, 3.05) is 26.3 Å². The third-order valence-corrected chi connectivity index (χ3v) is 3.70. The van der Waals surface area contributed by atoms with Gasteiger partial charge >= 0.3 is 0 Å². The Balaban J connectivity index is 1.67. The first-order valence-electron chi connectivity index (χ1n) is 7.53. The lowest BCUT2D eigenvalue weighted by Crippen LogP contribution is -2.39. The van der Waals surface area contributed by atoms with Crippen molar-refractivity contribution >= 4 is 17.7 Å². The standard InChI is InChI=1S/C17H16N2O5/c20-17(18-9-11-23-12-10-18)8-6-15-5-7-16(24-15)13-1-3-14(4-2-13)19(21)22/h1-8H,9-12H2. The zero-order valence-electron chi connectivity index (χ0n) is 12.9. The molecule has 0 spiro atoms. The van der Waals surface area contributed by atoms with Gasteiger partial charge in [0.2, 0.25) is 5.91 Å². The summed E-state index contributed by atoms with van der Waals surface area (Å²) in [4.78, 5) is 24.0. The smallest absolute Gasteiger partial charge is 0.269 e. The molecular weight excluding hydrogens is 312 g/mol. The van der Waals surface area contributed by atoms with Crippen LogP contribution in [0.25, 0.3) is 17.4 Å². The zero-order chi connectivity index (χ0) is 16.9. The SMILES string of the molecule is O=C(C=Cc1ccc(-c2ccc([N+](=O)[O-])cc2)o1)N1CCOCC1. The average molecular weight is 328 g/mol. The predicted molar refractivity (Wildman–Crippen MR) is 87.2 cm³/mol. The Labute approximate surface area is 138 Å². The lowest BCUT2D eigenvalue weighted by atomic mass is 10.1. The number of rotatable bonds is 4. The number of nitro benzene ring substituents is 1. The monoisotopic (exact) mass is 328 g/mol. The van der Waals surface area contributed by atoms with Gasteiger partial charge in [0.05, 0.1) is 18.1 Å². The van der Waals surface area contributed by atoms with Gasteiger partial charge in [0.25, 0.3) is 5.69 Å². The first kappa shape index (κ1) is 15.9. The third-order valence-electron chi connectivity index (χ3n) is 3.70. The maximum Gasteiger partial charge on any atom is 0.269 e. The maximum atomic E-state index is 12.0. The normalized spacial score (nSPS) is 14.9. The Morgan fingerprint density at radius 1 is 1.12 bits per heavy atom. The molecule has 1 aromatic heterocycles. The molecule has 1 amide bonds. The summed E-state index contributed by atoms with van der Waals surface area (Å²) >= 11 is 0. The molecule has 24 heavy (non-hydrogen) atoms. The van der Waals surface area contributed by atoms with Gasteiger partial charge in [-0.05, 0) is 30.3 Å². The van der Waals surface area contributed by atoms with E-state index in [0.717, 1.165) is 5.56 Å². The van der Waals surface area contributed by atoms with Crippen LogP contribution >= 0.6 is 0 Å². The van der Waals surface area contributed by atoms with E-state index in [4.69, 9.17) is 9.15 Å². The number of carbonyl (C=O) groups is 1. The lowest BCUT2D eigenvalue weighted by molar-refractivity contribution is -0.384. The van der Waals surface area contributed by atoms with Crippen LogP contribution in [0, 0.1) is 10.1 Å². The highest BCUT2D eigenvalue weighted by Gasteiger charge is 2.14. The average Bonchev–Trinajstić information content (AvgIpc) is 3.09. The first-order valence-corrected chi connectivity index (χ1v) is 7.53. The third kappa shape index (κ3) is 3.69. The molecule has 1 aromatic carbocycles. The molecular formula is C17H16N2O5. The van der Waals surface area contributed by atoms with Crippen molar-refractivity contribution in [3.63, 3.8) is 0 Å². The van der Waals surface area contributed by atoms with E-state index in [2.05, 4.69) is 0 Å². The Bertz CT molecular complexity index is 758. The van der Waals surface area contributed by atoms with Gasteiger partial charge in [-0.15, -0.1) is 0 Å². The summed E-state index contributed by atoms with van der Waals surface area (Å²) in [6, 6.07) is 9.62. The molecule has 0 radical (unpaired) electrons. The number of non-ortho nitro benzene ring substituents is 1. The largest absolute Gasteiger partial charge is 0.457 e. The summed E-state index contributed by atoms with van der Waals surface area (Å²) in [6.07, 6.45) is 3.09. The van der Waals surface area contributed by atoms with Crippen LogP contribution < -0.4 is 0 Å². The number of morpholine rings is 1. The van der Waals surface area contributed by atoms with Crippen molar-refractivity contribution in [2.45, 2.75) is 0 Å². The topological polar surface area (TPSA) is 85.8 Å². The molecule has 2 aromatic rings. The second-order valence-electron chi connectivity index (χ2n) is 5.28. The van der Waals surface area contributed by atoms with Crippen molar-refractivity contribution in [1.82, 2.24) is 4.90 Å². The number of nitrogens with zero attached hydrogens (tertiary/aromatic N) is 2. The number of amides is 1. The van der Waals surface area contributed by atoms with Crippen LogP contribution in [0.4, 0.5) is 5.69 Å². The van der Waals surface area contributed by atoms with E-state index in [1.807, 2.05) is 0 Å². The summed E-state index contributed by atoms with van der Waals surface area (Å²) in [5.41, 5.74) is 0.765.